The highest BCUT2D eigenvalue weighted by molar-refractivity contribution is 5.84. The summed E-state index contributed by atoms with van der Waals surface area (Å²) in [6, 6.07) is 0. The molecular weight excluding hydrogens is 164 g/mol. The number of ether oxygens (including phenoxy) is 1. The molecule has 1 fully saturated rings. The van der Waals surface area contributed by atoms with Crippen LogP contribution in [0.5, 0.6) is 0 Å². The molecule has 0 amide bonds. The van der Waals surface area contributed by atoms with Gasteiger partial charge in [0.05, 0.1) is 6.10 Å². The van der Waals surface area contributed by atoms with Crippen molar-refractivity contribution in [2.45, 2.75) is 46.6 Å². The molecule has 0 aromatic carbocycles. The number of ketones is 1. The van der Waals surface area contributed by atoms with E-state index >= 15 is 0 Å². The van der Waals surface area contributed by atoms with Crippen molar-refractivity contribution in [3.63, 3.8) is 0 Å². The summed E-state index contributed by atoms with van der Waals surface area (Å²) in [5, 5.41) is 0. The zero-order valence-corrected chi connectivity index (χ0v) is 9.09. The second kappa shape index (κ2) is 3.79. The van der Waals surface area contributed by atoms with E-state index in [1.807, 2.05) is 20.8 Å². The first-order valence-electron chi connectivity index (χ1n) is 5.04. The molecule has 0 aromatic heterocycles. The van der Waals surface area contributed by atoms with E-state index in [-0.39, 0.29) is 11.5 Å². The van der Waals surface area contributed by atoms with Gasteiger partial charge in [-0.05, 0) is 12.3 Å². The number of hydrogen-bond acceptors (Lipinski definition) is 2. The Bertz CT molecular complexity index is 191. The molecule has 0 N–H and O–H groups in total. The third kappa shape index (κ3) is 3.11. The highest BCUT2D eigenvalue weighted by Crippen LogP contribution is 2.25. The Balaban J connectivity index is 2.37. The van der Waals surface area contributed by atoms with Crippen LogP contribution in [0.3, 0.4) is 0 Å². The molecule has 0 saturated carbocycles. The van der Waals surface area contributed by atoms with Gasteiger partial charge in [0.15, 0.2) is 0 Å². The van der Waals surface area contributed by atoms with Crippen LogP contribution in [0.4, 0.5) is 0 Å². The van der Waals surface area contributed by atoms with Crippen LogP contribution in [0.1, 0.15) is 40.5 Å². The summed E-state index contributed by atoms with van der Waals surface area (Å²) >= 11 is 0. The predicted octanol–water partition coefficient (Wildman–Crippen LogP) is 2.42. The van der Waals surface area contributed by atoms with Gasteiger partial charge in [0.1, 0.15) is 5.78 Å². The third-order valence-electron chi connectivity index (χ3n) is 2.53. The molecule has 0 spiro atoms. The van der Waals surface area contributed by atoms with Gasteiger partial charge < -0.3 is 4.74 Å². The highest BCUT2D eigenvalue weighted by Gasteiger charge is 2.29. The Labute approximate surface area is 80.7 Å². The molecule has 0 aromatic rings. The standard InChI is InChI=1S/C11H20O2/c1-8-5-9(13-7-8)6-10(12)11(2,3)4/h8-9H,5-7H2,1-4H3/t8-,9-/m0/s1. The van der Waals surface area contributed by atoms with Crippen LogP contribution in [0, 0.1) is 11.3 Å². The Hall–Kier alpha value is -0.370. The lowest BCUT2D eigenvalue weighted by Gasteiger charge is -2.18. The molecule has 13 heavy (non-hydrogen) atoms. The Morgan fingerprint density at radius 2 is 2.08 bits per heavy atom. The van der Waals surface area contributed by atoms with Crippen LogP contribution in [0.15, 0.2) is 0 Å². The van der Waals surface area contributed by atoms with Gasteiger partial charge in [-0.15, -0.1) is 0 Å². The van der Waals surface area contributed by atoms with Crippen molar-refractivity contribution >= 4 is 5.78 Å². The lowest BCUT2D eigenvalue weighted by molar-refractivity contribution is -0.128. The normalized spacial score (nSPS) is 29.2. The molecule has 0 unspecified atom stereocenters. The van der Waals surface area contributed by atoms with Crippen molar-refractivity contribution in [3.05, 3.63) is 0 Å². The van der Waals surface area contributed by atoms with E-state index in [1.165, 1.54) is 0 Å². The minimum Gasteiger partial charge on any atom is -0.377 e. The number of carbonyl (C=O) groups is 1. The van der Waals surface area contributed by atoms with Crippen LogP contribution in [-0.2, 0) is 9.53 Å². The summed E-state index contributed by atoms with van der Waals surface area (Å²) in [6.07, 6.45) is 1.82. The Morgan fingerprint density at radius 3 is 2.46 bits per heavy atom. The van der Waals surface area contributed by atoms with Gasteiger partial charge in [0, 0.05) is 18.4 Å². The average molecular weight is 184 g/mol. The van der Waals surface area contributed by atoms with Crippen molar-refractivity contribution in [3.8, 4) is 0 Å². The summed E-state index contributed by atoms with van der Waals surface area (Å²) in [7, 11) is 0. The number of carbonyl (C=O) groups excluding carboxylic acids is 1. The molecule has 76 valence electrons. The molecule has 2 nitrogen and oxygen atoms in total. The maximum atomic E-state index is 11.6. The summed E-state index contributed by atoms with van der Waals surface area (Å²) < 4.78 is 5.51. The quantitative estimate of drug-likeness (QED) is 0.658. The molecule has 0 radical (unpaired) electrons. The van der Waals surface area contributed by atoms with Gasteiger partial charge in [-0.3, -0.25) is 4.79 Å². The van der Waals surface area contributed by atoms with E-state index in [4.69, 9.17) is 4.74 Å². The van der Waals surface area contributed by atoms with Crippen LogP contribution < -0.4 is 0 Å². The highest BCUT2D eigenvalue weighted by atomic mass is 16.5. The van der Waals surface area contributed by atoms with Gasteiger partial charge in [0.25, 0.3) is 0 Å². The molecule has 1 heterocycles. The first-order chi connectivity index (χ1) is 5.89. The van der Waals surface area contributed by atoms with Gasteiger partial charge in [-0.25, -0.2) is 0 Å². The van der Waals surface area contributed by atoms with Crippen LogP contribution in [-0.4, -0.2) is 18.5 Å². The van der Waals surface area contributed by atoms with Crippen molar-refractivity contribution in [2.24, 2.45) is 11.3 Å². The number of rotatable bonds is 2. The van der Waals surface area contributed by atoms with Crippen molar-refractivity contribution in [1.82, 2.24) is 0 Å². The second-order valence-corrected chi connectivity index (χ2v) is 5.17. The summed E-state index contributed by atoms with van der Waals surface area (Å²) in [6.45, 7) is 8.89. The SMILES string of the molecule is C[C@@H]1CO[C@H](CC(=O)C(C)(C)C)C1. The molecule has 2 heteroatoms. The average Bonchev–Trinajstić information content (AvgIpc) is 2.33. The lowest BCUT2D eigenvalue weighted by atomic mass is 9.87. The van der Waals surface area contributed by atoms with E-state index < -0.39 is 0 Å². The van der Waals surface area contributed by atoms with Crippen LogP contribution in [0.2, 0.25) is 0 Å². The van der Waals surface area contributed by atoms with Crippen molar-refractivity contribution in [2.75, 3.05) is 6.61 Å². The van der Waals surface area contributed by atoms with Gasteiger partial charge in [-0.2, -0.15) is 0 Å². The maximum Gasteiger partial charge on any atom is 0.140 e. The third-order valence-corrected chi connectivity index (χ3v) is 2.53. The number of Topliss-reactive ketones (excluding diaryl/α,β-unsaturated/α-hetero) is 1. The molecule has 1 saturated heterocycles. The fraction of sp³-hybridized carbons (Fsp3) is 0.909. The van der Waals surface area contributed by atoms with Crippen LogP contribution in [0.25, 0.3) is 0 Å². The second-order valence-electron chi connectivity index (χ2n) is 5.17. The first-order valence-corrected chi connectivity index (χ1v) is 5.04. The van der Waals surface area contributed by atoms with E-state index in [0.29, 0.717) is 18.1 Å². The Morgan fingerprint density at radius 1 is 1.46 bits per heavy atom. The zero-order valence-electron chi connectivity index (χ0n) is 9.09. The maximum absolute atomic E-state index is 11.6. The summed E-state index contributed by atoms with van der Waals surface area (Å²) in [5.74, 6) is 0.935. The molecule has 1 aliphatic rings. The van der Waals surface area contributed by atoms with Crippen molar-refractivity contribution in [1.29, 1.82) is 0 Å². The first kappa shape index (κ1) is 10.7. The van der Waals surface area contributed by atoms with Crippen molar-refractivity contribution < 1.29 is 9.53 Å². The smallest absolute Gasteiger partial charge is 0.140 e. The van der Waals surface area contributed by atoms with Gasteiger partial charge in [-0.1, -0.05) is 27.7 Å². The molecular formula is C11H20O2. The zero-order chi connectivity index (χ0) is 10.1. The molecule has 0 aliphatic carbocycles. The fourth-order valence-electron chi connectivity index (χ4n) is 1.54. The van der Waals surface area contributed by atoms with E-state index in [2.05, 4.69) is 6.92 Å². The summed E-state index contributed by atoms with van der Waals surface area (Å²) in [4.78, 5) is 11.6. The molecule has 1 rings (SSSR count). The minimum absolute atomic E-state index is 0.182. The molecule has 0 bridgehead atoms. The minimum atomic E-state index is -0.213. The van der Waals surface area contributed by atoms with Gasteiger partial charge >= 0.3 is 0 Å². The predicted molar refractivity (Wildman–Crippen MR) is 52.6 cm³/mol. The van der Waals surface area contributed by atoms with E-state index in [0.717, 1.165) is 13.0 Å². The van der Waals surface area contributed by atoms with E-state index in [1.54, 1.807) is 0 Å². The van der Waals surface area contributed by atoms with E-state index in [9.17, 15) is 4.79 Å². The Kier molecular flexibility index (Phi) is 3.12. The largest absolute Gasteiger partial charge is 0.377 e. The van der Waals surface area contributed by atoms with Crippen LogP contribution >= 0.6 is 0 Å². The fourth-order valence-corrected chi connectivity index (χ4v) is 1.54. The lowest BCUT2D eigenvalue weighted by Crippen LogP contribution is -2.24. The molecule has 1 aliphatic heterocycles. The number of hydrogen-bond donors (Lipinski definition) is 0. The van der Waals surface area contributed by atoms with Gasteiger partial charge in [0.2, 0.25) is 0 Å². The molecule has 2 atom stereocenters. The monoisotopic (exact) mass is 184 g/mol. The topological polar surface area (TPSA) is 26.3 Å². The summed E-state index contributed by atoms with van der Waals surface area (Å²) in [5.41, 5.74) is -0.213.